The molecule has 2 aliphatic carbocycles. The summed E-state index contributed by atoms with van der Waals surface area (Å²) < 4.78 is 6.25. The van der Waals surface area contributed by atoms with E-state index in [0.717, 1.165) is 18.7 Å². The van der Waals surface area contributed by atoms with Crippen molar-refractivity contribution in [2.24, 2.45) is 11.7 Å². The van der Waals surface area contributed by atoms with E-state index >= 15 is 0 Å². The lowest BCUT2D eigenvalue weighted by Crippen LogP contribution is -2.17. The Morgan fingerprint density at radius 2 is 2.06 bits per heavy atom. The Hall–Kier alpha value is -1.02. The van der Waals surface area contributed by atoms with Crippen molar-refractivity contribution in [3.05, 3.63) is 29.3 Å². The van der Waals surface area contributed by atoms with E-state index in [9.17, 15) is 0 Å². The minimum absolute atomic E-state index is 0.395. The molecule has 2 aliphatic rings. The van der Waals surface area contributed by atoms with Crippen molar-refractivity contribution >= 4 is 0 Å². The molecule has 2 nitrogen and oxygen atoms in total. The van der Waals surface area contributed by atoms with Crippen LogP contribution in [0, 0.1) is 5.92 Å². The topological polar surface area (TPSA) is 35.2 Å². The third kappa shape index (κ3) is 2.39. The van der Waals surface area contributed by atoms with Crippen LogP contribution in [0.3, 0.4) is 0 Å². The summed E-state index contributed by atoms with van der Waals surface area (Å²) in [5.41, 5.74) is 8.72. The summed E-state index contributed by atoms with van der Waals surface area (Å²) in [6, 6.07) is 6.56. The van der Waals surface area contributed by atoms with Gasteiger partial charge in [-0.25, -0.2) is 0 Å². The SMILES string of the molecule is NCC1CCC(Oc2cccc3c2CCCC3)C1. The molecule has 18 heavy (non-hydrogen) atoms. The van der Waals surface area contributed by atoms with Crippen LogP contribution in [0.4, 0.5) is 0 Å². The summed E-state index contributed by atoms with van der Waals surface area (Å²) in [4.78, 5) is 0. The Balaban J connectivity index is 1.73. The number of hydrogen-bond donors (Lipinski definition) is 1. The number of ether oxygens (including phenoxy) is 1. The Morgan fingerprint density at radius 3 is 2.89 bits per heavy atom. The van der Waals surface area contributed by atoms with Crippen LogP contribution in [-0.4, -0.2) is 12.6 Å². The fraction of sp³-hybridized carbons (Fsp3) is 0.625. The molecule has 0 aliphatic heterocycles. The molecule has 0 heterocycles. The van der Waals surface area contributed by atoms with E-state index in [4.69, 9.17) is 10.5 Å². The summed E-state index contributed by atoms with van der Waals surface area (Å²) in [6.45, 7) is 0.812. The standard InChI is InChI=1S/C16H23NO/c17-11-12-8-9-14(10-12)18-16-7-3-5-13-4-1-2-6-15(13)16/h3,5,7,12,14H,1-2,4,6,8-11,17H2. The summed E-state index contributed by atoms with van der Waals surface area (Å²) in [5, 5.41) is 0. The molecular formula is C16H23NO. The van der Waals surface area contributed by atoms with Gasteiger partial charge in [0.05, 0.1) is 6.10 Å². The van der Waals surface area contributed by atoms with Gasteiger partial charge in [-0.1, -0.05) is 12.1 Å². The second-order valence-corrected chi connectivity index (χ2v) is 5.76. The first-order valence-electron chi connectivity index (χ1n) is 7.34. The first kappa shape index (κ1) is 12.0. The Kier molecular flexibility index (Phi) is 3.55. The molecule has 1 aromatic carbocycles. The Labute approximate surface area is 110 Å². The van der Waals surface area contributed by atoms with Crippen molar-refractivity contribution in [2.75, 3.05) is 6.54 Å². The van der Waals surface area contributed by atoms with E-state index in [1.807, 2.05) is 0 Å². The summed E-state index contributed by atoms with van der Waals surface area (Å²) in [6.07, 6.45) is 8.99. The number of aryl methyl sites for hydroxylation is 1. The average molecular weight is 245 g/mol. The van der Waals surface area contributed by atoms with Gasteiger partial charge in [0.15, 0.2) is 0 Å². The molecule has 2 unspecified atom stereocenters. The monoisotopic (exact) mass is 245 g/mol. The van der Waals surface area contributed by atoms with Crippen molar-refractivity contribution in [1.29, 1.82) is 0 Å². The van der Waals surface area contributed by atoms with Crippen molar-refractivity contribution in [3.63, 3.8) is 0 Å². The lowest BCUT2D eigenvalue weighted by molar-refractivity contribution is 0.202. The van der Waals surface area contributed by atoms with Crippen LogP contribution in [0.1, 0.15) is 43.2 Å². The van der Waals surface area contributed by atoms with E-state index in [2.05, 4.69) is 18.2 Å². The minimum atomic E-state index is 0.395. The third-order valence-corrected chi connectivity index (χ3v) is 4.47. The number of rotatable bonds is 3. The zero-order chi connectivity index (χ0) is 12.4. The number of nitrogens with two attached hydrogens (primary N) is 1. The number of hydrogen-bond acceptors (Lipinski definition) is 2. The van der Waals surface area contributed by atoms with Crippen molar-refractivity contribution in [3.8, 4) is 5.75 Å². The molecule has 0 amide bonds. The maximum Gasteiger partial charge on any atom is 0.123 e. The highest BCUT2D eigenvalue weighted by atomic mass is 16.5. The first-order valence-corrected chi connectivity index (χ1v) is 7.34. The first-order chi connectivity index (χ1) is 8.86. The van der Waals surface area contributed by atoms with Gasteiger partial charge in [-0.05, 0) is 74.6 Å². The van der Waals surface area contributed by atoms with E-state index in [0.29, 0.717) is 12.0 Å². The highest BCUT2D eigenvalue weighted by Gasteiger charge is 2.26. The molecule has 2 heteroatoms. The van der Waals surface area contributed by atoms with Gasteiger partial charge in [0, 0.05) is 0 Å². The maximum atomic E-state index is 6.25. The van der Waals surface area contributed by atoms with Crippen LogP contribution in [0.2, 0.25) is 0 Å². The summed E-state index contributed by atoms with van der Waals surface area (Å²) >= 11 is 0. The van der Waals surface area contributed by atoms with Crippen LogP contribution in [0.25, 0.3) is 0 Å². The summed E-state index contributed by atoms with van der Waals surface area (Å²) in [5.74, 6) is 1.82. The zero-order valence-electron chi connectivity index (χ0n) is 11.0. The van der Waals surface area contributed by atoms with Gasteiger partial charge >= 0.3 is 0 Å². The van der Waals surface area contributed by atoms with Gasteiger partial charge in [0.25, 0.3) is 0 Å². The lowest BCUT2D eigenvalue weighted by Gasteiger charge is -2.22. The van der Waals surface area contributed by atoms with Crippen LogP contribution < -0.4 is 10.5 Å². The van der Waals surface area contributed by atoms with Gasteiger partial charge in [-0.15, -0.1) is 0 Å². The molecule has 0 spiro atoms. The third-order valence-electron chi connectivity index (χ3n) is 4.47. The molecule has 0 radical (unpaired) electrons. The average Bonchev–Trinajstić information content (AvgIpc) is 2.87. The minimum Gasteiger partial charge on any atom is -0.490 e. The van der Waals surface area contributed by atoms with Crippen molar-refractivity contribution in [2.45, 2.75) is 51.0 Å². The number of benzene rings is 1. The molecule has 0 aromatic heterocycles. The highest BCUT2D eigenvalue weighted by Crippen LogP contribution is 2.33. The molecule has 98 valence electrons. The summed E-state index contributed by atoms with van der Waals surface area (Å²) in [7, 11) is 0. The second kappa shape index (κ2) is 5.31. The predicted molar refractivity (Wildman–Crippen MR) is 73.9 cm³/mol. The molecule has 3 rings (SSSR count). The smallest absolute Gasteiger partial charge is 0.123 e. The molecule has 0 saturated heterocycles. The van der Waals surface area contributed by atoms with Crippen LogP contribution >= 0.6 is 0 Å². The quantitative estimate of drug-likeness (QED) is 0.888. The molecular weight excluding hydrogens is 222 g/mol. The molecule has 0 bridgehead atoms. The van der Waals surface area contributed by atoms with Crippen molar-refractivity contribution in [1.82, 2.24) is 0 Å². The van der Waals surface area contributed by atoms with E-state index in [-0.39, 0.29) is 0 Å². The second-order valence-electron chi connectivity index (χ2n) is 5.76. The number of fused-ring (bicyclic) bond motifs is 1. The van der Waals surface area contributed by atoms with Crippen molar-refractivity contribution < 1.29 is 4.74 Å². The van der Waals surface area contributed by atoms with Gasteiger partial charge < -0.3 is 10.5 Å². The van der Waals surface area contributed by atoms with Crippen LogP contribution in [-0.2, 0) is 12.8 Å². The predicted octanol–water partition coefficient (Wildman–Crippen LogP) is 3.07. The molecule has 1 saturated carbocycles. The highest BCUT2D eigenvalue weighted by molar-refractivity contribution is 5.41. The van der Waals surface area contributed by atoms with Crippen LogP contribution in [0.5, 0.6) is 5.75 Å². The van der Waals surface area contributed by atoms with E-state index in [1.165, 1.54) is 49.7 Å². The van der Waals surface area contributed by atoms with E-state index in [1.54, 1.807) is 0 Å². The van der Waals surface area contributed by atoms with E-state index < -0.39 is 0 Å². The molecule has 2 atom stereocenters. The molecule has 2 N–H and O–H groups in total. The lowest BCUT2D eigenvalue weighted by atomic mass is 9.91. The molecule has 1 aromatic rings. The van der Waals surface area contributed by atoms with Gasteiger partial charge in [-0.2, -0.15) is 0 Å². The van der Waals surface area contributed by atoms with Crippen LogP contribution in [0.15, 0.2) is 18.2 Å². The largest absolute Gasteiger partial charge is 0.490 e. The van der Waals surface area contributed by atoms with Gasteiger partial charge in [0.1, 0.15) is 5.75 Å². The fourth-order valence-electron chi connectivity index (χ4n) is 3.39. The normalized spacial score (nSPS) is 26.9. The fourth-order valence-corrected chi connectivity index (χ4v) is 3.39. The Morgan fingerprint density at radius 1 is 1.17 bits per heavy atom. The maximum absolute atomic E-state index is 6.25. The zero-order valence-corrected chi connectivity index (χ0v) is 11.0. The Bertz CT molecular complexity index is 416. The van der Waals surface area contributed by atoms with Gasteiger partial charge in [-0.3, -0.25) is 0 Å². The molecule has 1 fully saturated rings. The van der Waals surface area contributed by atoms with Gasteiger partial charge in [0.2, 0.25) is 0 Å².